The van der Waals surface area contributed by atoms with E-state index < -0.39 is 12.0 Å². The predicted octanol–water partition coefficient (Wildman–Crippen LogP) is 2.77. The van der Waals surface area contributed by atoms with E-state index in [0.29, 0.717) is 30.8 Å². The number of benzene rings is 1. The van der Waals surface area contributed by atoms with Crippen molar-refractivity contribution in [3.8, 4) is 0 Å². The number of carboxylic acids is 1. The Kier molecular flexibility index (Phi) is 5.28. The maximum atomic E-state index is 13.0. The normalized spacial score (nSPS) is 17.1. The van der Waals surface area contributed by atoms with Crippen LogP contribution in [-0.4, -0.2) is 39.5 Å². The van der Waals surface area contributed by atoms with Gasteiger partial charge in [0.15, 0.2) is 0 Å². The maximum Gasteiger partial charge on any atom is 0.326 e. The number of para-hydroxylation sites is 1. The molecule has 1 atom stereocenters. The number of piperidine rings is 1. The summed E-state index contributed by atoms with van der Waals surface area (Å²) in [5.74, 6) is -1.18. The Bertz CT molecular complexity index is 749. The molecule has 0 spiro atoms. The lowest BCUT2D eigenvalue weighted by atomic mass is 10.0. The molecule has 3 rings (SSSR count). The summed E-state index contributed by atoms with van der Waals surface area (Å²) >= 11 is 0. The van der Waals surface area contributed by atoms with E-state index in [2.05, 4.69) is 10.3 Å². The second-order valence-electron chi connectivity index (χ2n) is 6.07. The van der Waals surface area contributed by atoms with E-state index in [4.69, 9.17) is 0 Å². The lowest BCUT2D eigenvalue weighted by Gasteiger charge is -2.33. The highest BCUT2D eigenvalue weighted by Gasteiger charge is 2.33. The number of hydrogen-bond acceptors (Lipinski definition) is 4. The Morgan fingerprint density at radius 2 is 1.96 bits per heavy atom. The van der Waals surface area contributed by atoms with Crippen LogP contribution in [0.1, 0.15) is 35.3 Å². The molecule has 0 saturated carbocycles. The number of aromatic nitrogens is 1. The van der Waals surface area contributed by atoms with Gasteiger partial charge in [-0.15, -0.1) is 0 Å². The van der Waals surface area contributed by atoms with Gasteiger partial charge in [-0.3, -0.25) is 9.78 Å². The smallest absolute Gasteiger partial charge is 0.326 e. The van der Waals surface area contributed by atoms with Crippen LogP contribution in [0.5, 0.6) is 0 Å². The van der Waals surface area contributed by atoms with Crippen molar-refractivity contribution < 1.29 is 14.7 Å². The minimum absolute atomic E-state index is 0.240. The van der Waals surface area contributed by atoms with E-state index in [1.54, 1.807) is 18.3 Å². The van der Waals surface area contributed by atoms with Crippen molar-refractivity contribution in [1.29, 1.82) is 0 Å². The second kappa shape index (κ2) is 7.79. The fourth-order valence-corrected chi connectivity index (χ4v) is 3.10. The van der Waals surface area contributed by atoms with Crippen molar-refractivity contribution in [2.24, 2.45) is 0 Å². The number of likely N-dealkylation sites (tertiary alicyclic amines) is 1. The SMILES string of the molecule is O=C(O)[C@@H]1CCCCN1C(=O)c1ccccc1NCc1ccccn1. The Labute approximate surface area is 146 Å². The van der Waals surface area contributed by atoms with E-state index in [1.807, 2.05) is 30.3 Å². The average molecular weight is 339 g/mol. The third kappa shape index (κ3) is 3.96. The van der Waals surface area contributed by atoms with Crippen LogP contribution < -0.4 is 5.32 Å². The highest BCUT2D eigenvalue weighted by molar-refractivity contribution is 6.01. The summed E-state index contributed by atoms with van der Waals surface area (Å²) in [5.41, 5.74) is 2.05. The first-order valence-electron chi connectivity index (χ1n) is 8.43. The van der Waals surface area contributed by atoms with Gasteiger partial charge in [-0.2, -0.15) is 0 Å². The Morgan fingerprint density at radius 3 is 2.72 bits per heavy atom. The van der Waals surface area contributed by atoms with Gasteiger partial charge in [0.25, 0.3) is 5.91 Å². The summed E-state index contributed by atoms with van der Waals surface area (Å²) in [4.78, 5) is 30.2. The number of anilines is 1. The van der Waals surface area contributed by atoms with Crippen molar-refractivity contribution in [1.82, 2.24) is 9.88 Å². The average Bonchev–Trinajstić information content (AvgIpc) is 2.67. The first-order chi connectivity index (χ1) is 12.2. The maximum absolute atomic E-state index is 13.0. The van der Waals surface area contributed by atoms with Gasteiger partial charge < -0.3 is 15.3 Å². The van der Waals surface area contributed by atoms with Gasteiger partial charge in [0.1, 0.15) is 6.04 Å². The summed E-state index contributed by atoms with van der Waals surface area (Å²) in [6, 6.07) is 12.1. The fourth-order valence-electron chi connectivity index (χ4n) is 3.10. The molecule has 1 aliphatic rings. The standard InChI is InChI=1S/C19H21N3O3/c23-18(22-12-6-4-10-17(22)19(24)25)15-8-1-2-9-16(15)21-13-14-7-3-5-11-20-14/h1-3,5,7-9,11,17,21H,4,6,10,12-13H2,(H,24,25)/t17-/m0/s1. The lowest BCUT2D eigenvalue weighted by Crippen LogP contribution is -2.48. The van der Waals surface area contributed by atoms with E-state index in [1.165, 1.54) is 4.90 Å². The molecule has 1 aromatic carbocycles. The van der Waals surface area contributed by atoms with Gasteiger partial charge in [-0.05, 0) is 43.5 Å². The summed E-state index contributed by atoms with van der Waals surface area (Å²) in [6.45, 7) is 0.970. The zero-order valence-electron chi connectivity index (χ0n) is 13.9. The molecule has 1 aliphatic heterocycles. The van der Waals surface area contributed by atoms with Gasteiger partial charge in [0.2, 0.25) is 0 Å². The van der Waals surface area contributed by atoms with Crippen molar-refractivity contribution in [2.45, 2.75) is 31.8 Å². The number of hydrogen-bond donors (Lipinski definition) is 2. The largest absolute Gasteiger partial charge is 0.480 e. The molecule has 0 aliphatic carbocycles. The minimum Gasteiger partial charge on any atom is -0.480 e. The summed E-state index contributed by atoms with van der Waals surface area (Å²) in [7, 11) is 0. The number of amides is 1. The summed E-state index contributed by atoms with van der Waals surface area (Å²) in [5, 5.41) is 12.6. The molecule has 130 valence electrons. The number of carbonyl (C=O) groups excluding carboxylic acids is 1. The van der Waals surface area contributed by atoms with Crippen molar-refractivity contribution >= 4 is 17.6 Å². The van der Waals surface area contributed by atoms with Gasteiger partial charge >= 0.3 is 5.97 Å². The fraction of sp³-hybridized carbons (Fsp3) is 0.316. The monoisotopic (exact) mass is 339 g/mol. The second-order valence-corrected chi connectivity index (χ2v) is 6.07. The van der Waals surface area contributed by atoms with Crippen LogP contribution in [0, 0.1) is 0 Å². The molecule has 0 unspecified atom stereocenters. The van der Waals surface area contributed by atoms with Crippen LogP contribution in [-0.2, 0) is 11.3 Å². The molecule has 0 radical (unpaired) electrons. The summed E-state index contributed by atoms with van der Waals surface area (Å²) < 4.78 is 0. The third-order valence-electron chi connectivity index (χ3n) is 4.39. The molecule has 2 heterocycles. The van der Waals surface area contributed by atoms with Crippen LogP contribution in [0.25, 0.3) is 0 Å². The lowest BCUT2D eigenvalue weighted by molar-refractivity contribution is -0.143. The van der Waals surface area contributed by atoms with Crippen molar-refractivity contribution in [3.05, 3.63) is 59.9 Å². The first-order valence-corrected chi connectivity index (χ1v) is 8.43. The molecule has 1 fully saturated rings. The quantitative estimate of drug-likeness (QED) is 0.875. The number of nitrogens with zero attached hydrogens (tertiary/aromatic N) is 2. The van der Waals surface area contributed by atoms with E-state index in [-0.39, 0.29) is 5.91 Å². The molecule has 0 bridgehead atoms. The topological polar surface area (TPSA) is 82.5 Å². The zero-order valence-corrected chi connectivity index (χ0v) is 13.9. The highest BCUT2D eigenvalue weighted by Crippen LogP contribution is 2.24. The molecule has 1 saturated heterocycles. The van der Waals surface area contributed by atoms with Crippen molar-refractivity contribution in [3.63, 3.8) is 0 Å². The molecule has 25 heavy (non-hydrogen) atoms. The van der Waals surface area contributed by atoms with Crippen LogP contribution in [0.3, 0.4) is 0 Å². The Hall–Kier alpha value is -2.89. The van der Waals surface area contributed by atoms with Gasteiger partial charge in [0.05, 0.1) is 17.8 Å². The number of nitrogens with one attached hydrogen (secondary N) is 1. The van der Waals surface area contributed by atoms with E-state index in [0.717, 1.165) is 18.5 Å². The zero-order chi connectivity index (χ0) is 17.6. The molecule has 2 aromatic rings. The molecular formula is C19H21N3O3. The molecule has 1 amide bonds. The summed E-state index contributed by atoms with van der Waals surface area (Å²) in [6.07, 6.45) is 3.89. The molecule has 1 aromatic heterocycles. The van der Waals surface area contributed by atoms with Crippen molar-refractivity contribution in [2.75, 3.05) is 11.9 Å². The highest BCUT2D eigenvalue weighted by atomic mass is 16.4. The van der Waals surface area contributed by atoms with Crippen LogP contribution >= 0.6 is 0 Å². The minimum atomic E-state index is -0.938. The number of carbonyl (C=O) groups is 2. The Balaban J connectivity index is 1.79. The molecule has 6 heteroatoms. The predicted molar refractivity (Wildman–Crippen MR) is 94.3 cm³/mol. The number of pyridine rings is 1. The van der Waals surface area contributed by atoms with E-state index in [9.17, 15) is 14.7 Å². The number of carboxylic acid groups (broad SMARTS) is 1. The first kappa shape index (κ1) is 17.0. The van der Waals surface area contributed by atoms with Crippen LogP contribution in [0.4, 0.5) is 5.69 Å². The Morgan fingerprint density at radius 1 is 1.16 bits per heavy atom. The van der Waals surface area contributed by atoms with Crippen LogP contribution in [0.2, 0.25) is 0 Å². The van der Waals surface area contributed by atoms with Gasteiger partial charge in [-0.1, -0.05) is 18.2 Å². The number of aliphatic carboxylic acids is 1. The molecular weight excluding hydrogens is 318 g/mol. The van der Waals surface area contributed by atoms with E-state index >= 15 is 0 Å². The third-order valence-corrected chi connectivity index (χ3v) is 4.39. The van der Waals surface area contributed by atoms with Gasteiger partial charge in [0, 0.05) is 18.4 Å². The van der Waals surface area contributed by atoms with Crippen LogP contribution in [0.15, 0.2) is 48.7 Å². The van der Waals surface area contributed by atoms with Gasteiger partial charge in [-0.25, -0.2) is 4.79 Å². The number of rotatable bonds is 5. The molecule has 2 N–H and O–H groups in total. The molecule has 6 nitrogen and oxygen atoms in total.